The SMILES string of the molecule is O[C@@]12C=C1C2. The fourth-order valence-corrected chi connectivity index (χ4v) is 0.469. The molecular formula is C4H4O. The van der Waals surface area contributed by atoms with E-state index in [1.54, 1.807) is 0 Å². The lowest BCUT2D eigenvalue weighted by Gasteiger charge is -1.76. The zero-order valence-electron chi connectivity index (χ0n) is 2.73. The summed E-state index contributed by atoms with van der Waals surface area (Å²) in [5.41, 5.74) is 0.956. The Morgan fingerprint density at radius 3 is 2.20 bits per heavy atom. The van der Waals surface area contributed by atoms with Crippen LogP contribution in [-0.4, -0.2) is 10.7 Å². The van der Waals surface area contributed by atoms with Crippen LogP contribution in [0.3, 0.4) is 0 Å². The van der Waals surface area contributed by atoms with E-state index < -0.39 is 0 Å². The maximum absolute atomic E-state index is 8.61. The minimum atomic E-state index is -0.292. The van der Waals surface area contributed by atoms with Gasteiger partial charge in [-0.05, 0) is 11.6 Å². The van der Waals surface area contributed by atoms with E-state index in [2.05, 4.69) is 0 Å². The number of hydrogen-bond donors (Lipinski definition) is 1. The lowest BCUT2D eigenvalue weighted by molar-refractivity contribution is 0.238. The van der Waals surface area contributed by atoms with Gasteiger partial charge < -0.3 is 5.11 Å². The summed E-state index contributed by atoms with van der Waals surface area (Å²) in [6, 6.07) is 0. The van der Waals surface area contributed by atoms with Crippen LogP contribution < -0.4 is 0 Å². The predicted molar refractivity (Wildman–Crippen MR) is 17.6 cm³/mol. The van der Waals surface area contributed by atoms with Crippen LogP contribution in [0.1, 0.15) is 6.42 Å². The molecule has 0 spiro atoms. The van der Waals surface area contributed by atoms with E-state index in [4.69, 9.17) is 5.11 Å². The molecule has 1 saturated carbocycles. The molecule has 0 aromatic heterocycles. The van der Waals surface area contributed by atoms with Gasteiger partial charge in [0.1, 0.15) is 5.60 Å². The Morgan fingerprint density at radius 1 is 2.00 bits per heavy atom. The molecule has 0 radical (unpaired) electrons. The van der Waals surface area contributed by atoms with Gasteiger partial charge in [-0.3, -0.25) is 0 Å². The monoisotopic (exact) mass is 68.0 g/mol. The molecule has 1 nitrogen and oxygen atoms in total. The third kappa shape index (κ3) is 0.0781. The number of fused-ring (bicyclic) bond motifs is 1. The van der Waals surface area contributed by atoms with Gasteiger partial charge in [0.25, 0.3) is 0 Å². The van der Waals surface area contributed by atoms with Gasteiger partial charge in [-0.15, -0.1) is 0 Å². The van der Waals surface area contributed by atoms with Gasteiger partial charge in [0, 0.05) is 6.42 Å². The van der Waals surface area contributed by atoms with Crippen LogP contribution in [0.25, 0.3) is 0 Å². The van der Waals surface area contributed by atoms with Gasteiger partial charge in [-0.1, -0.05) is 0 Å². The molecule has 0 aromatic rings. The smallest absolute Gasteiger partial charge is 0.108 e. The molecule has 0 heterocycles. The van der Waals surface area contributed by atoms with Crippen LogP contribution in [0.4, 0.5) is 0 Å². The van der Waals surface area contributed by atoms with Crippen LogP contribution in [0.15, 0.2) is 11.6 Å². The molecule has 26 valence electrons. The highest BCUT2D eigenvalue weighted by Gasteiger charge is 2.58. The van der Waals surface area contributed by atoms with Crippen molar-refractivity contribution in [1.82, 2.24) is 0 Å². The second-order valence-corrected chi connectivity index (χ2v) is 1.77. The summed E-state index contributed by atoms with van der Waals surface area (Å²) in [6.07, 6.45) is 2.85. The summed E-state index contributed by atoms with van der Waals surface area (Å²) < 4.78 is 0. The van der Waals surface area contributed by atoms with Gasteiger partial charge in [0.05, 0.1) is 0 Å². The van der Waals surface area contributed by atoms with Crippen molar-refractivity contribution in [2.75, 3.05) is 0 Å². The summed E-state index contributed by atoms with van der Waals surface area (Å²) in [5.74, 6) is 0. The van der Waals surface area contributed by atoms with E-state index >= 15 is 0 Å². The van der Waals surface area contributed by atoms with Crippen LogP contribution in [0, 0.1) is 0 Å². The zero-order chi connectivity index (χ0) is 3.49. The lowest BCUT2D eigenvalue weighted by Crippen LogP contribution is -1.86. The van der Waals surface area contributed by atoms with Crippen molar-refractivity contribution in [1.29, 1.82) is 0 Å². The van der Waals surface area contributed by atoms with E-state index in [-0.39, 0.29) is 5.60 Å². The highest BCUT2D eigenvalue weighted by molar-refractivity contribution is 5.59. The number of rotatable bonds is 0. The Bertz CT molecular complexity index is 115. The molecule has 0 aliphatic heterocycles. The molecule has 2 rings (SSSR count). The maximum Gasteiger partial charge on any atom is 0.108 e. The van der Waals surface area contributed by atoms with Crippen molar-refractivity contribution in [2.45, 2.75) is 12.0 Å². The first-order valence-corrected chi connectivity index (χ1v) is 1.76. The van der Waals surface area contributed by atoms with Crippen molar-refractivity contribution in [3.8, 4) is 0 Å². The fraction of sp³-hybridized carbons (Fsp3) is 0.500. The molecule has 1 fully saturated rings. The Morgan fingerprint density at radius 2 is 2.20 bits per heavy atom. The lowest BCUT2D eigenvalue weighted by atomic mass is 10.5. The van der Waals surface area contributed by atoms with Crippen molar-refractivity contribution >= 4 is 0 Å². The molecule has 0 unspecified atom stereocenters. The first-order chi connectivity index (χ1) is 2.31. The fourth-order valence-electron chi connectivity index (χ4n) is 0.469. The minimum absolute atomic E-state index is 0.292. The third-order valence-electron chi connectivity index (χ3n) is 1.22. The van der Waals surface area contributed by atoms with Crippen molar-refractivity contribution in [3.63, 3.8) is 0 Å². The summed E-state index contributed by atoms with van der Waals surface area (Å²) >= 11 is 0. The van der Waals surface area contributed by atoms with Crippen LogP contribution in [0.2, 0.25) is 0 Å². The highest BCUT2D eigenvalue weighted by atomic mass is 16.3. The highest BCUT2D eigenvalue weighted by Crippen LogP contribution is 2.58. The molecule has 0 aromatic carbocycles. The Balaban J connectivity index is 2.55. The molecule has 2 aliphatic carbocycles. The summed E-state index contributed by atoms with van der Waals surface area (Å²) in [7, 11) is 0. The van der Waals surface area contributed by atoms with Crippen LogP contribution >= 0.6 is 0 Å². The molecule has 1 atom stereocenters. The Labute approximate surface area is 29.9 Å². The molecule has 1 N–H and O–H groups in total. The van der Waals surface area contributed by atoms with Gasteiger partial charge in [0.15, 0.2) is 0 Å². The zero-order valence-corrected chi connectivity index (χ0v) is 2.73. The predicted octanol–water partition coefficient (Wildman–Crippen LogP) is 0.0612. The molecule has 0 bridgehead atoms. The largest absolute Gasteiger partial charge is 0.381 e. The molecule has 0 amide bonds. The quantitative estimate of drug-likeness (QED) is 0.398. The van der Waals surface area contributed by atoms with Crippen LogP contribution in [0.5, 0.6) is 0 Å². The van der Waals surface area contributed by atoms with Crippen LogP contribution in [-0.2, 0) is 0 Å². The van der Waals surface area contributed by atoms with Crippen molar-refractivity contribution < 1.29 is 5.11 Å². The first-order valence-electron chi connectivity index (χ1n) is 1.76. The topological polar surface area (TPSA) is 20.2 Å². The number of hydrogen-bond acceptors (Lipinski definition) is 1. The molecular weight excluding hydrogens is 64.0 g/mol. The molecule has 1 heteroatoms. The molecule has 5 heavy (non-hydrogen) atoms. The Hall–Kier alpha value is -0.300. The van der Waals surface area contributed by atoms with Crippen molar-refractivity contribution in [3.05, 3.63) is 11.6 Å². The normalized spacial score (nSPS) is 54.2. The van der Waals surface area contributed by atoms with Gasteiger partial charge in [-0.2, -0.15) is 0 Å². The van der Waals surface area contributed by atoms with E-state index in [0.29, 0.717) is 0 Å². The van der Waals surface area contributed by atoms with Gasteiger partial charge >= 0.3 is 0 Å². The minimum Gasteiger partial charge on any atom is -0.381 e. The van der Waals surface area contributed by atoms with E-state index in [0.717, 1.165) is 6.42 Å². The standard InChI is InChI=1S/C4H4O/c5-4-1-3(4)2-4/h1,5H,2H2/t4-/m1/s1. The van der Waals surface area contributed by atoms with Gasteiger partial charge in [-0.25, -0.2) is 0 Å². The first kappa shape index (κ1) is 1.98. The second-order valence-electron chi connectivity index (χ2n) is 1.77. The maximum atomic E-state index is 8.61. The number of aliphatic hydroxyl groups is 1. The average Bonchev–Trinajstić information content (AvgIpc) is 1.74. The average molecular weight is 68.1 g/mol. The molecule has 2 aliphatic rings. The van der Waals surface area contributed by atoms with Crippen molar-refractivity contribution in [2.24, 2.45) is 0 Å². The third-order valence-corrected chi connectivity index (χ3v) is 1.22. The summed E-state index contributed by atoms with van der Waals surface area (Å²) in [4.78, 5) is 0. The van der Waals surface area contributed by atoms with E-state index in [1.807, 2.05) is 6.08 Å². The Kier molecular flexibility index (Phi) is 0.0933. The second kappa shape index (κ2) is 0.236. The van der Waals surface area contributed by atoms with Gasteiger partial charge in [0.2, 0.25) is 0 Å². The van der Waals surface area contributed by atoms with E-state index in [1.165, 1.54) is 5.57 Å². The van der Waals surface area contributed by atoms with E-state index in [9.17, 15) is 0 Å². The molecule has 0 saturated heterocycles. The summed E-state index contributed by atoms with van der Waals surface area (Å²) in [5, 5.41) is 8.61. The summed E-state index contributed by atoms with van der Waals surface area (Å²) in [6.45, 7) is 0.